The maximum Gasteiger partial charge on any atom is 0.239 e. The summed E-state index contributed by atoms with van der Waals surface area (Å²) in [4.78, 5) is 11.5. The molecular weight excluding hydrogens is 164 g/mol. The fraction of sp³-hybridized carbons (Fsp3) is 0.900. The van der Waals surface area contributed by atoms with Gasteiger partial charge in [0.15, 0.2) is 0 Å². The van der Waals surface area contributed by atoms with Gasteiger partial charge in [-0.1, -0.05) is 13.8 Å². The van der Waals surface area contributed by atoms with Gasteiger partial charge >= 0.3 is 0 Å². The zero-order chi connectivity index (χ0) is 10.5. The number of hydrogen-bond acceptors (Lipinski definition) is 2. The molecule has 78 valence electrons. The Kier molecular flexibility index (Phi) is 4.99. The monoisotopic (exact) mass is 186 g/mol. The van der Waals surface area contributed by atoms with Crippen LogP contribution in [0.2, 0.25) is 0 Å². The molecule has 13 heavy (non-hydrogen) atoms. The second-order valence-corrected chi connectivity index (χ2v) is 4.31. The molecule has 1 amide bonds. The smallest absolute Gasteiger partial charge is 0.239 e. The lowest BCUT2D eigenvalue weighted by Crippen LogP contribution is -2.51. The Morgan fingerprint density at radius 1 is 1.38 bits per heavy atom. The van der Waals surface area contributed by atoms with Crippen LogP contribution in [-0.2, 0) is 4.79 Å². The van der Waals surface area contributed by atoms with Gasteiger partial charge in [-0.2, -0.15) is 0 Å². The van der Waals surface area contributed by atoms with Gasteiger partial charge < -0.3 is 10.6 Å². The first kappa shape index (κ1) is 12.4. The number of carbonyl (C=O) groups excluding carboxylic acids is 1. The van der Waals surface area contributed by atoms with Crippen LogP contribution in [0.25, 0.3) is 0 Å². The standard InChI is InChI=1S/C10H22N2O/c1-8(2)6-7-12-9(13)10(3,4)11-5/h8,11H,6-7H2,1-5H3,(H,12,13). The highest BCUT2D eigenvalue weighted by Gasteiger charge is 2.24. The van der Waals surface area contributed by atoms with Crippen LogP contribution in [0.15, 0.2) is 0 Å². The molecule has 0 aromatic carbocycles. The van der Waals surface area contributed by atoms with Crippen molar-refractivity contribution in [1.82, 2.24) is 10.6 Å². The van der Waals surface area contributed by atoms with Gasteiger partial charge in [0, 0.05) is 6.54 Å². The lowest BCUT2D eigenvalue weighted by atomic mass is 10.0. The van der Waals surface area contributed by atoms with Crippen molar-refractivity contribution >= 4 is 5.91 Å². The largest absolute Gasteiger partial charge is 0.355 e. The number of nitrogens with one attached hydrogen (secondary N) is 2. The maximum atomic E-state index is 11.5. The Balaban J connectivity index is 3.75. The zero-order valence-electron chi connectivity index (χ0n) is 9.40. The highest BCUT2D eigenvalue weighted by atomic mass is 16.2. The number of amides is 1. The predicted octanol–water partition coefficient (Wildman–Crippen LogP) is 1.15. The van der Waals surface area contributed by atoms with Crippen LogP contribution in [0.4, 0.5) is 0 Å². The third-order valence-electron chi connectivity index (χ3n) is 2.20. The van der Waals surface area contributed by atoms with Gasteiger partial charge in [-0.15, -0.1) is 0 Å². The third kappa shape index (κ3) is 4.88. The first-order valence-corrected chi connectivity index (χ1v) is 4.87. The molecule has 0 saturated heterocycles. The highest BCUT2D eigenvalue weighted by Crippen LogP contribution is 2.01. The van der Waals surface area contributed by atoms with E-state index in [0.29, 0.717) is 5.92 Å². The van der Waals surface area contributed by atoms with Gasteiger partial charge in [-0.3, -0.25) is 4.79 Å². The Hall–Kier alpha value is -0.570. The number of hydrogen-bond donors (Lipinski definition) is 2. The molecule has 3 nitrogen and oxygen atoms in total. The van der Waals surface area contributed by atoms with Gasteiger partial charge in [-0.25, -0.2) is 0 Å². The minimum atomic E-state index is -0.461. The van der Waals surface area contributed by atoms with Gasteiger partial charge in [0.1, 0.15) is 0 Å². The molecule has 0 radical (unpaired) electrons. The number of rotatable bonds is 5. The van der Waals surface area contributed by atoms with E-state index in [-0.39, 0.29) is 5.91 Å². The molecule has 0 aliphatic rings. The van der Waals surface area contributed by atoms with Crippen molar-refractivity contribution < 1.29 is 4.79 Å². The van der Waals surface area contributed by atoms with Crippen LogP contribution < -0.4 is 10.6 Å². The van der Waals surface area contributed by atoms with Crippen LogP contribution in [0.3, 0.4) is 0 Å². The van der Waals surface area contributed by atoms with E-state index in [1.807, 2.05) is 13.8 Å². The van der Waals surface area contributed by atoms with Crippen molar-refractivity contribution in [3.63, 3.8) is 0 Å². The molecule has 0 aliphatic carbocycles. The van der Waals surface area contributed by atoms with Crippen LogP contribution in [0, 0.1) is 5.92 Å². The summed E-state index contributed by atoms with van der Waals surface area (Å²) in [6.07, 6.45) is 1.03. The predicted molar refractivity (Wildman–Crippen MR) is 55.6 cm³/mol. The second-order valence-electron chi connectivity index (χ2n) is 4.31. The minimum Gasteiger partial charge on any atom is -0.355 e. The van der Waals surface area contributed by atoms with Gasteiger partial charge in [-0.05, 0) is 33.2 Å². The quantitative estimate of drug-likeness (QED) is 0.676. The average molecular weight is 186 g/mol. The molecule has 0 saturated carbocycles. The molecule has 2 N–H and O–H groups in total. The normalized spacial score (nSPS) is 11.8. The maximum absolute atomic E-state index is 11.5. The summed E-state index contributed by atoms with van der Waals surface area (Å²) in [6, 6.07) is 0. The molecule has 0 heterocycles. The Morgan fingerprint density at radius 3 is 2.31 bits per heavy atom. The number of carbonyl (C=O) groups is 1. The summed E-state index contributed by atoms with van der Waals surface area (Å²) in [6.45, 7) is 8.81. The molecule has 0 fully saturated rings. The van der Waals surface area contributed by atoms with E-state index in [4.69, 9.17) is 0 Å². The van der Waals surface area contributed by atoms with E-state index in [0.717, 1.165) is 13.0 Å². The Bertz CT molecular complexity index is 164. The van der Waals surface area contributed by atoms with Crippen LogP contribution in [0.5, 0.6) is 0 Å². The first-order valence-electron chi connectivity index (χ1n) is 4.87. The van der Waals surface area contributed by atoms with Crippen molar-refractivity contribution in [3.05, 3.63) is 0 Å². The SMILES string of the molecule is CNC(C)(C)C(=O)NCCC(C)C. The van der Waals surface area contributed by atoms with E-state index in [2.05, 4.69) is 24.5 Å². The summed E-state index contributed by atoms with van der Waals surface area (Å²) in [7, 11) is 1.79. The minimum absolute atomic E-state index is 0.0654. The summed E-state index contributed by atoms with van der Waals surface area (Å²) in [5.74, 6) is 0.702. The van der Waals surface area contributed by atoms with E-state index < -0.39 is 5.54 Å². The van der Waals surface area contributed by atoms with E-state index in [1.54, 1.807) is 7.05 Å². The molecular formula is C10H22N2O. The summed E-state index contributed by atoms with van der Waals surface area (Å²) in [5, 5.41) is 5.87. The van der Waals surface area contributed by atoms with Crippen molar-refractivity contribution in [2.24, 2.45) is 5.92 Å². The lowest BCUT2D eigenvalue weighted by molar-refractivity contribution is -0.126. The van der Waals surface area contributed by atoms with Crippen LogP contribution in [0.1, 0.15) is 34.1 Å². The molecule has 0 atom stereocenters. The topological polar surface area (TPSA) is 41.1 Å². The molecule has 0 aromatic heterocycles. The van der Waals surface area contributed by atoms with E-state index in [9.17, 15) is 4.79 Å². The van der Waals surface area contributed by atoms with Gasteiger partial charge in [0.25, 0.3) is 0 Å². The van der Waals surface area contributed by atoms with Crippen molar-refractivity contribution in [2.45, 2.75) is 39.7 Å². The Labute approximate surface area is 81.3 Å². The van der Waals surface area contributed by atoms with Gasteiger partial charge in [0.05, 0.1) is 5.54 Å². The average Bonchev–Trinajstić information content (AvgIpc) is 2.03. The summed E-state index contributed by atoms with van der Waals surface area (Å²) in [5.41, 5.74) is -0.461. The molecule has 0 aliphatic heterocycles. The highest BCUT2D eigenvalue weighted by molar-refractivity contribution is 5.85. The fourth-order valence-electron chi connectivity index (χ4n) is 0.809. The summed E-state index contributed by atoms with van der Waals surface area (Å²) < 4.78 is 0. The molecule has 0 aromatic rings. The fourth-order valence-corrected chi connectivity index (χ4v) is 0.809. The third-order valence-corrected chi connectivity index (χ3v) is 2.20. The zero-order valence-corrected chi connectivity index (χ0v) is 9.40. The Morgan fingerprint density at radius 2 is 1.92 bits per heavy atom. The first-order chi connectivity index (χ1) is 5.90. The second kappa shape index (κ2) is 5.22. The van der Waals surface area contributed by atoms with Crippen molar-refractivity contribution in [3.8, 4) is 0 Å². The summed E-state index contributed by atoms with van der Waals surface area (Å²) >= 11 is 0. The van der Waals surface area contributed by atoms with Crippen molar-refractivity contribution in [2.75, 3.05) is 13.6 Å². The molecule has 0 bridgehead atoms. The lowest BCUT2D eigenvalue weighted by Gasteiger charge is -2.22. The van der Waals surface area contributed by atoms with Crippen molar-refractivity contribution in [1.29, 1.82) is 0 Å². The molecule has 3 heteroatoms. The van der Waals surface area contributed by atoms with Crippen LogP contribution >= 0.6 is 0 Å². The van der Waals surface area contributed by atoms with E-state index in [1.165, 1.54) is 0 Å². The molecule has 0 spiro atoms. The van der Waals surface area contributed by atoms with Crippen LogP contribution in [-0.4, -0.2) is 25.0 Å². The molecule has 0 rings (SSSR count). The van der Waals surface area contributed by atoms with E-state index >= 15 is 0 Å². The number of likely N-dealkylation sites (N-methyl/N-ethyl adjacent to an activating group) is 1. The van der Waals surface area contributed by atoms with Gasteiger partial charge in [0.2, 0.25) is 5.91 Å². The molecule has 0 unspecified atom stereocenters.